The summed E-state index contributed by atoms with van der Waals surface area (Å²) in [7, 11) is 0. The number of anilines is 2. The van der Waals surface area contributed by atoms with Crippen molar-refractivity contribution in [2.24, 2.45) is 11.8 Å². The molecule has 56 heavy (non-hydrogen) atoms. The minimum atomic E-state index is -4.30. The SMILES string of the molecule is CCc1cccc(N2CCN(CCC3CCC([NH-])CC3)CC2)c1.O=C(NC1CCC(CCN2CCN(c3cccc(C(F)(F)F)c3)CC2)CC1)C1=CCCCO1. The van der Waals surface area contributed by atoms with Gasteiger partial charge in [-0.3, -0.25) is 14.6 Å². The van der Waals surface area contributed by atoms with Gasteiger partial charge in [-0.2, -0.15) is 13.2 Å². The summed E-state index contributed by atoms with van der Waals surface area (Å²) in [5.74, 6) is 1.96. The number of amides is 1. The number of halogens is 3. The molecule has 1 amide bonds. The number of nitrogens with one attached hydrogen (secondary N) is 2. The molecule has 3 aliphatic heterocycles. The molecule has 0 bridgehead atoms. The summed E-state index contributed by atoms with van der Waals surface area (Å²) in [6.07, 6.45) is 12.2. The van der Waals surface area contributed by atoms with Crippen molar-refractivity contribution in [3.05, 3.63) is 77.2 Å². The molecule has 7 rings (SSSR count). The maximum absolute atomic E-state index is 13.0. The molecule has 2 saturated carbocycles. The number of allylic oxidation sites excluding steroid dienone is 1. The number of hydrogen-bond donors (Lipinski definition) is 1. The number of rotatable bonds is 11. The Hall–Kier alpha value is -3.28. The molecular formula is C45H66F3N6O2-. The first-order valence-electron chi connectivity index (χ1n) is 21.7. The van der Waals surface area contributed by atoms with E-state index in [1.54, 1.807) is 6.07 Å². The van der Waals surface area contributed by atoms with Crippen LogP contribution < -0.4 is 15.1 Å². The third-order valence-corrected chi connectivity index (χ3v) is 12.9. The van der Waals surface area contributed by atoms with Crippen molar-refractivity contribution in [3.63, 3.8) is 0 Å². The summed E-state index contributed by atoms with van der Waals surface area (Å²) in [6, 6.07) is 15.1. The predicted octanol–water partition coefficient (Wildman–Crippen LogP) is 8.96. The topological polar surface area (TPSA) is 75.1 Å². The number of alkyl halides is 3. The normalized spacial score (nSPS) is 25.4. The molecule has 2 aliphatic carbocycles. The van der Waals surface area contributed by atoms with Crippen molar-refractivity contribution in [1.29, 1.82) is 0 Å². The lowest BCUT2D eigenvalue weighted by molar-refractivity contribution is -0.137. The molecule has 2 N–H and O–H groups in total. The highest BCUT2D eigenvalue weighted by atomic mass is 19.4. The Kier molecular flexibility index (Phi) is 15.8. The van der Waals surface area contributed by atoms with Crippen LogP contribution in [0.2, 0.25) is 0 Å². The standard InChI is InChI=1S/C25H34F3N3O2.C20H32N3/c26-25(27,28)20-4-3-5-22(18-20)31-15-13-30(14-16-31)12-11-19-7-9-21(10-8-19)29-24(32)23-6-1-2-17-33-23;1-2-17-4-3-5-20(16-17)23-14-12-22(13-15-23)11-10-18-6-8-19(21)9-7-18/h3-6,18-19,21H,1-2,7-17H2,(H,29,32);3-5,16,18-19,21H,2,6-15H2,1H3/q;-1. The summed E-state index contributed by atoms with van der Waals surface area (Å²) in [6.45, 7) is 13.1. The van der Waals surface area contributed by atoms with Crippen molar-refractivity contribution < 1.29 is 22.7 Å². The van der Waals surface area contributed by atoms with E-state index in [4.69, 9.17) is 10.5 Å². The fraction of sp³-hybridized carbons (Fsp3) is 0.667. The van der Waals surface area contributed by atoms with Gasteiger partial charge in [-0.15, -0.1) is 6.04 Å². The monoisotopic (exact) mass is 780 g/mol. The molecule has 0 unspecified atom stereocenters. The Morgan fingerprint density at radius 2 is 1.32 bits per heavy atom. The van der Waals surface area contributed by atoms with Crippen LogP contribution in [0.25, 0.3) is 5.73 Å². The average Bonchev–Trinajstić information content (AvgIpc) is 3.24. The van der Waals surface area contributed by atoms with Gasteiger partial charge in [0.05, 0.1) is 12.2 Å². The zero-order valence-electron chi connectivity index (χ0n) is 33.7. The number of benzene rings is 2. The average molecular weight is 780 g/mol. The van der Waals surface area contributed by atoms with Gasteiger partial charge >= 0.3 is 6.18 Å². The Morgan fingerprint density at radius 1 is 0.768 bits per heavy atom. The first kappa shape index (κ1) is 42.3. The third kappa shape index (κ3) is 12.9. The summed E-state index contributed by atoms with van der Waals surface area (Å²) in [4.78, 5) is 22.0. The van der Waals surface area contributed by atoms with Gasteiger partial charge in [-0.05, 0) is 125 Å². The molecule has 5 aliphatic rings. The van der Waals surface area contributed by atoms with Gasteiger partial charge in [0.15, 0.2) is 5.76 Å². The van der Waals surface area contributed by atoms with Gasteiger partial charge in [-0.25, -0.2) is 0 Å². The molecule has 11 heteroatoms. The fourth-order valence-electron chi connectivity index (χ4n) is 9.06. The van der Waals surface area contributed by atoms with Gasteiger partial charge in [-0.1, -0.05) is 50.8 Å². The van der Waals surface area contributed by atoms with Gasteiger partial charge in [0.2, 0.25) is 0 Å². The van der Waals surface area contributed by atoms with Crippen LogP contribution in [0.3, 0.4) is 0 Å². The Bertz CT molecular complexity index is 1520. The number of aryl methyl sites for hydroxylation is 1. The van der Waals surface area contributed by atoms with Crippen molar-refractivity contribution in [1.82, 2.24) is 15.1 Å². The van der Waals surface area contributed by atoms with Crippen molar-refractivity contribution in [2.75, 3.05) is 81.9 Å². The maximum atomic E-state index is 13.0. The van der Waals surface area contributed by atoms with Gasteiger partial charge in [0.1, 0.15) is 0 Å². The van der Waals surface area contributed by atoms with Crippen LogP contribution in [0.4, 0.5) is 24.5 Å². The molecule has 0 atom stereocenters. The van der Waals surface area contributed by atoms with E-state index in [-0.39, 0.29) is 18.0 Å². The van der Waals surface area contributed by atoms with Crippen molar-refractivity contribution in [3.8, 4) is 0 Å². The second-order valence-corrected chi connectivity index (χ2v) is 16.8. The fourth-order valence-corrected chi connectivity index (χ4v) is 9.06. The van der Waals surface area contributed by atoms with Crippen LogP contribution in [-0.4, -0.2) is 99.8 Å². The van der Waals surface area contributed by atoms with Crippen LogP contribution in [-0.2, 0) is 22.1 Å². The number of piperazine rings is 2. The van der Waals surface area contributed by atoms with Gasteiger partial charge in [0, 0.05) is 69.8 Å². The van der Waals surface area contributed by atoms with E-state index in [9.17, 15) is 18.0 Å². The highest BCUT2D eigenvalue weighted by Crippen LogP contribution is 2.33. The van der Waals surface area contributed by atoms with Crippen LogP contribution in [0.15, 0.2) is 60.4 Å². The van der Waals surface area contributed by atoms with Crippen LogP contribution in [0.1, 0.15) is 95.1 Å². The van der Waals surface area contributed by atoms with E-state index >= 15 is 0 Å². The van der Waals surface area contributed by atoms with E-state index in [0.717, 1.165) is 122 Å². The molecule has 8 nitrogen and oxygen atoms in total. The first-order chi connectivity index (χ1) is 27.1. The molecule has 2 aromatic rings. The number of carbonyl (C=O) groups excluding carboxylic acids is 1. The lowest BCUT2D eigenvalue weighted by atomic mass is 9.84. The number of carbonyl (C=O) groups is 1. The predicted molar refractivity (Wildman–Crippen MR) is 221 cm³/mol. The Morgan fingerprint density at radius 3 is 1.86 bits per heavy atom. The van der Waals surface area contributed by atoms with Crippen LogP contribution in [0, 0.1) is 11.8 Å². The lowest BCUT2D eigenvalue weighted by Crippen LogP contribution is -2.47. The zero-order valence-corrected chi connectivity index (χ0v) is 33.7. The molecule has 2 aromatic carbocycles. The zero-order chi connectivity index (χ0) is 39.3. The quantitative estimate of drug-likeness (QED) is 0.246. The Labute approximate surface area is 334 Å². The molecule has 0 spiro atoms. The van der Waals surface area contributed by atoms with Crippen LogP contribution >= 0.6 is 0 Å². The lowest BCUT2D eigenvalue weighted by Gasteiger charge is -2.37. The summed E-state index contributed by atoms with van der Waals surface area (Å²) in [5, 5.41) is 3.13. The molecular weight excluding hydrogens is 714 g/mol. The second kappa shape index (κ2) is 20.9. The number of nitrogens with zero attached hydrogens (tertiary/aromatic N) is 4. The molecule has 310 valence electrons. The maximum Gasteiger partial charge on any atom is 0.416 e. The molecule has 4 fully saturated rings. The largest absolute Gasteiger partial charge is 0.675 e. The van der Waals surface area contributed by atoms with E-state index < -0.39 is 11.7 Å². The smallest absolute Gasteiger partial charge is 0.416 e. The molecule has 0 radical (unpaired) electrons. The second-order valence-electron chi connectivity index (χ2n) is 16.8. The highest BCUT2D eigenvalue weighted by Gasteiger charge is 2.31. The summed E-state index contributed by atoms with van der Waals surface area (Å²) in [5.41, 5.74) is 10.7. The summed E-state index contributed by atoms with van der Waals surface area (Å²) >= 11 is 0. The van der Waals surface area contributed by atoms with Crippen LogP contribution in [0.5, 0.6) is 0 Å². The van der Waals surface area contributed by atoms with E-state index in [1.165, 1.54) is 62.3 Å². The molecule has 2 saturated heterocycles. The highest BCUT2D eigenvalue weighted by molar-refractivity contribution is 5.91. The summed E-state index contributed by atoms with van der Waals surface area (Å²) < 4.78 is 44.4. The van der Waals surface area contributed by atoms with E-state index in [2.05, 4.69) is 51.2 Å². The Balaban J connectivity index is 0.000000202. The van der Waals surface area contributed by atoms with Gasteiger partial charge in [0.25, 0.3) is 5.91 Å². The van der Waals surface area contributed by atoms with Crippen molar-refractivity contribution >= 4 is 17.3 Å². The van der Waals surface area contributed by atoms with Gasteiger partial charge < -0.3 is 25.6 Å². The van der Waals surface area contributed by atoms with E-state index in [0.29, 0.717) is 24.0 Å². The van der Waals surface area contributed by atoms with E-state index in [1.807, 2.05) is 11.0 Å². The van der Waals surface area contributed by atoms with Crippen molar-refractivity contribution in [2.45, 2.75) is 109 Å². The third-order valence-electron chi connectivity index (χ3n) is 12.9. The first-order valence-corrected chi connectivity index (χ1v) is 21.7. The minimum Gasteiger partial charge on any atom is -0.675 e. The molecule has 0 aromatic heterocycles. The molecule has 3 heterocycles. The number of hydrogen-bond acceptors (Lipinski definition) is 6. The number of ether oxygens (including phenoxy) is 1. The minimum absolute atomic E-state index is 0.0724.